The number of carbonyl (C=O) groups is 1. The number of pyridine rings is 1. The number of rotatable bonds is 4. The zero-order valence-corrected chi connectivity index (χ0v) is 14.5. The average molecular weight is 325 g/mol. The summed E-state index contributed by atoms with van der Waals surface area (Å²) in [6.45, 7) is 7.03. The Bertz CT molecular complexity index is 834. The van der Waals surface area contributed by atoms with Gasteiger partial charge in [0.1, 0.15) is 5.82 Å². The van der Waals surface area contributed by atoms with Crippen LogP contribution in [0.1, 0.15) is 49.3 Å². The molecule has 0 saturated heterocycles. The Morgan fingerprint density at radius 2 is 2.21 bits per heavy atom. The van der Waals surface area contributed by atoms with Crippen molar-refractivity contribution < 1.29 is 9.53 Å². The highest BCUT2D eigenvalue weighted by atomic mass is 16.5. The Balaban J connectivity index is 1.38. The third kappa shape index (κ3) is 2.34. The molecule has 2 atom stereocenters. The molecule has 5 heteroatoms. The lowest BCUT2D eigenvalue weighted by Gasteiger charge is -2.56. The maximum atomic E-state index is 12.3. The minimum absolute atomic E-state index is 0.285. The number of carbonyl (C=O) groups excluding carboxylic acids is 1. The van der Waals surface area contributed by atoms with Gasteiger partial charge in [-0.05, 0) is 49.1 Å². The van der Waals surface area contributed by atoms with Gasteiger partial charge >= 0.3 is 5.97 Å². The standard InChI is InChI=1S/C19H23N3O2/c1-12-20-21-17-7-5-14(11-22(12)17)18(23)24-9-8-13-4-6-15-10-16(13)19(15,2)3/h4-5,7,11,15-16H,6,8-10H2,1-3H3/t15-,16-/m0/s1. The van der Waals surface area contributed by atoms with Crippen molar-refractivity contribution >= 4 is 11.6 Å². The summed E-state index contributed by atoms with van der Waals surface area (Å²) >= 11 is 0. The zero-order chi connectivity index (χ0) is 16.9. The third-order valence-electron chi connectivity index (χ3n) is 6.02. The highest BCUT2D eigenvalue weighted by Gasteiger charge is 2.50. The molecule has 0 unspecified atom stereocenters. The number of hydrogen-bond donors (Lipinski definition) is 0. The van der Waals surface area contributed by atoms with E-state index in [1.807, 2.05) is 6.92 Å². The molecule has 0 N–H and O–H groups in total. The molecule has 1 saturated carbocycles. The first-order valence-corrected chi connectivity index (χ1v) is 8.64. The summed E-state index contributed by atoms with van der Waals surface area (Å²) < 4.78 is 7.30. The molecular weight excluding hydrogens is 302 g/mol. The van der Waals surface area contributed by atoms with Gasteiger partial charge in [0.25, 0.3) is 0 Å². The van der Waals surface area contributed by atoms with E-state index in [1.165, 1.54) is 18.4 Å². The van der Waals surface area contributed by atoms with Gasteiger partial charge in [-0.25, -0.2) is 4.79 Å². The van der Waals surface area contributed by atoms with Gasteiger partial charge in [-0.1, -0.05) is 25.5 Å². The summed E-state index contributed by atoms with van der Waals surface area (Å²) in [6.07, 6.45) is 7.43. The van der Waals surface area contributed by atoms with Crippen LogP contribution in [0.15, 0.2) is 30.0 Å². The fourth-order valence-electron chi connectivity index (χ4n) is 4.23. The van der Waals surface area contributed by atoms with Crippen molar-refractivity contribution in [3.05, 3.63) is 41.4 Å². The molecule has 3 aliphatic rings. The normalized spacial score (nSPS) is 24.4. The van der Waals surface area contributed by atoms with E-state index in [-0.39, 0.29) is 5.97 Å². The summed E-state index contributed by atoms with van der Waals surface area (Å²) in [6, 6.07) is 3.53. The van der Waals surface area contributed by atoms with Gasteiger partial charge < -0.3 is 4.74 Å². The van der Waals surface area contributed by atoms with Crippen molar-refractivity contribution in [3.8, 4) is 0 Å². The number of aromatic nitrogens is 3. The molecule has 24 heavy (non-hydrogen) atoms. The SMILES string of the molecule is Cc1nnc2ccc(C(=O)OCCC3=CC[C@H]4C[C@@H]3C4(C)C)cn12. The first-order valence-electron chi connectivity index (χ1n) is 8.64. The first kappa shape index (κ1) is 15.4. The number of esters is 1. The second kappa shape index (κ2) is 5.43. The highest BCUT2D eigenvalue weighted by Crippen LogP contribution is 2.59. The van der Waals surface area contributed by atoms with E-state index in [9.17, 15) is 4.79 Å². The maximum Gasteiger partial charge on any atom is 0.339 e. The number of hydrogen-bond acceptors (Lipinski definition) is 4. The Morgan fingerprint density at radius 3 is 2.96 bits per heavy atom. The van der Waals surface area contributed by atoms with Gasteiger partial charge in [0.15, 0.2) is 5.65 Å². The molecule has 0 spiro atoms. The molecule has 0 amide bonds. The summed E-state index contributed by atoms with van der Waals surface area (Å²) in [5.74, 6) is 1.99. The molecule has 5 rings (SSSR count). The number of allylic oxidation sites excluding steroid dienone is 1. The van der Waals surface area contributed by atoms with Crippen molar-refractivity contribution in [2.75, 3.05) is 6.61 Å². The Kier molecular flexibility index (Phi) is 3.48. The second-order valence-corrected chi connectivity index (χ2v) is 7.60. The molecule has 2 heterocycles. The quantitative estimate of drug-likeness (QED) is 0.637. The van der Waals surface area contributed by atoms with Crippen LogP contribution in [-0.4, -0.2) is 27.2 Å². The van der Waals surface area contributed by atoms with Gasteiger partial charge in [0, 0.05) is 12.6 Å². The summed E-state index contributed by atoms with van der Waals surface area (Å²) in [5.41, 5.74) is 3.16. The molecule has 5 nitrogen and oxygen atoms in total. The molecular formula is C19H23N3O2. The van der Waals surface area contributed by atoms with Crippen molar-refractivity contribution in [1.82, 2.24) is 14.6 Å². The lowest BCUT2D eigenvalue weighted by Crippen LogP contribution is -2.48. The summed E-state index contributed by atoms with van der Waals surface area (Å²) in [5, 5.41) is 8.02. The summed E-state index contributed by atoms with van der Waals surface area (Å²) in [4.78, 5) is 12.3. The average Bonchev–Trinajstić information content (AvgIpc) is 2.95. The zero-order valence-electron chi connectivity index (χ0n) is 14.5. The van der Waals surface area contributed by atoms with Gasteiger partial charge in [-0.15, -0.1) is 10.2 Å². The number of fused-ring (bicyclic) bond motifs is 2. The van der Waals surface area contributed by atoms with Crippen LogP contribution in [0.4, 0.5) is 0 Å². The van der Waals surface area contributed by atoms with Gasteiger partial charge in [-0.2, -0.15) is 0 Å². The smallest absolute Gasteiger partial charge is 0.339 e. The van der Waals surface area contributed by atoms with Crippen LogP contribution in [0.5, 0.6) is 0 Å². The predicted molar refractivity (Wildman–Crippen MR) is 90.7 cm³/mol. The van der Waals surface area contributed by atoms with Gasteiger partial charge in [0.05, 0.1) is 12.2 Å². The fraction of sp³-hybridized carbons (Fsp3) is 0.526. The Labute approximate surface area is 141 Å². The van der Waals surface area contributed by atoms with Crippen molar-refractivity contribution in [1.29, 1.82) is 0 Å². The van der Waals surface area contributed by atoms with Crippen molar-refractivity contribution in [2.24, 2.45) is 17.3 Å². The molecule has 1 fully saturated rings. The molecule has 0 radical (unpaired) electrons. The Hall–Kier alpha value is -2.17. The van der Waals surface area contributed by atoms with E-state index in [0.29, 0.717) is 23.5 Å². The molecule has 2 aromatic rings. The summed E-state index contributed by atoms with van der Waals surface area (Å²) in [7, 11) is 0. The van der Waals surface area contributed by atoms with Gasteiger partial charge in [-0.3, -0.25) is 4.40 Å². The second-order valence-electron chi connectivity index (χ2n) is 7.60. The van der Waals surface area contributed by atoms with Crippen molar-refractivity contribution in [3.63, 3.8) is 0 Å². The molecule has 2 bridgehead atoms. The van der Waals surface area contributed by atoms with E-state index in [0.717, 1.165) is 23.8 Å². The fourth-order valence-corrected chi connectivity index (χ4v) is 4.23. The van der Waals surface area contributed by atoms with Crippen molar-refractivity contribution in [2.45, 2.75) is 40.0 Å². The topological polar surface area (TPSA) is 56.5 Å². The first-order chi connectivity index (χ1) is 11.5. The van der Waals surface area contributed by atoms with E-state index < -0.39 is 0 Å². The number of aryl methyl sites for hydroxylation is 1. The van der Waals surface area contributed by atoms with E-state index in [4.69, 9.17) is 4.74 Å². The molecule has 0 aromatic carbocycles. The van der Waals surface area contributed by atoms with Crippen LogP contribution < -0.4 is 0 Å². The van der Waals surface area contributed by atoms with E-state index >= 15 is 0 Å². The third-order valence-corrected chi connectivity index (χ3v) is 6.02. The van der Waals surface area contributed by atoms with Crippen LogP contribution in [0.2, 0.25) is 0 Å². The largest absolute Gasteiger partial charge is 0.462 e. The van der Waals surface area contributed by atoms with Crippen LogP contribution >= 0.6 is 0 Å². The lowest BCUT2D eigenvalue weighted by molar-refractivity contribution is -0.0103. The van der Waals surface area contributed by atoms with E-state index in [2.05, 4.69) is 30.1 Å². The van der Waals surface area contributed by atoms with Crippen LogP contribution in [-0.2, 0) is 4.74 Å². The van der Waals surface area contributed by atoms with E-state index in [1.54, 1.807) is 22.7 Å². The van der Waals surface area contributed by atoms with Crippen LogP contribution in [0, 0.1) is 24.2 Å². The lowest BCUT2D eigenvalue weighted by atomic mass is 9.48. The molecule has 3 aliphatic carbocycles. The number of ether oxygens (including phenoxy) is 1. The number of nitrogens with zero attached hydrogens (tertiary/aromatic N) is 3. The molecule has 126 valence electrons. The predicted octanol–water partition coefficient (Wildman–Crippen LogP) is 3.58. The monoisotopic (exact) mass is 325 g/mol. The molecule has 0 aliphatic heterocycles. The maximum absolute atomic E-state index is 12.3. The highest BCUT2D eigenvalue weighted by molar-refractivity contribution is 5.89. The van der Waals surface area contributed by atoms with Gasteiger partial charge in [0.2, 0.25) is 0 Å². The minimum Gasteiger partial charge on any atom is -0.462 e. The minimum atomic E-state index is -0.285. The Morgan fingerprint density at radius 1 is 1.38 bits per heavy atom. The van der Waals surface area contributed by atoms with Crippen LogP contribution in [0.25, 0.3) is 5.65 Å². The molecule has 2 aromatic heterocycles. The van der Waals surface area contributed by atoms with Crippen LogP contribution in [0.3, 0.4) is 0 Å².